The lowest BCUT2D eigenvalue weighted by Crippen LogP contribution is -2.21. The van der Waals surface area contributed by atoms with Gasteiger partial charge in [-0.1, -0.05) is 0 Å². The predicted molar refractivity (Wildman–Crippen MR) is 115 cm³/mol. The van der Waals surface area contributed by atoms with E-state index in [1.807, 2.05) is 0 Å². The zero-order chi connectivity index (χ0) is 22.4. The second-order valence-electron chi connectivity index (χ2n) is 7.39. The molecular formula is C21H29N5O5. The number of hydrogen-bond donors (Lipinski definition) is 4. The number of anilines is 1. The Balaban J connectivity index is 1.87. The summed E-state index contributed by atoms with van der Waals surface area (Å²) in [6, 6.07) is 5.31. The highest BCUT2D eigenvalue weighted by Crippen LogP contribution is 2.28. The maximum Gasteiger partial charge on any atom is 0.254 e. The summed E-state index contributed by atoms with van der Waals surface area (Å²) in [6.45, 7) is 1.66. The number of aromatic nitrogens is 2. The van der Waals surface area contributed by atoms with E-state index in [-0.39, 0.29) is 43.4 Å². The molecule has 1 aromatic carbocycles. The number of aliphatic hydroxyl groups is 1. The first-order valence-electron chi connectivity index (χ1n) is 10.2. The molecule has 0 spiro atoms. The van der Waals surface area contributed by atoms with Crippen molar-refractivity contribution in [1.29, 1.82) is 0 Å². The van der Waals surface area contributed by atoms with Gasteiger partial charge in [0.1, 0.15) is 28.7 Å². The summed E-state index contributed by atoms with van der Waals surface area (Å²) in [4.78, 5) is 25.1. The number of nitrogens with one attached hydrogen (secondary N) is 2. The molecule has 1 aliphatic heterocycles. The number of benzene rings is 1. The van der Waals surface area contributed by atoms with Gasteiger partial charge in [0, 0.05) is 25.6 Å². The average Bonchev–Trinajstić information content (AvgIpc) is 3.39. The molecule has 168 valence electrons. The molecule has 1 atom stereocenters. The molecule has 1 aromatic heterocycles. The molecular weight excluding hydrogens is 402 g/mol. The van der Waals surface area contributed by atoms with Crippen molar-refractivity contribution in [2.24, 2.45) is 5.73 Å². The molecule has 31 heavy (non-hydrogen) atoms. The lowest BCUT2D eigenvalue weighted by Gasteiger charge is -2.15. The maximum absolute atomic E-state index is 12.9. The lowest BCUT2D eigenvalue weighted by atomic mass is 10.0. The molecule has 0 radical (unpaired) electrons. The summed E-state index contributed by atoms with van der Waals surface area (Å²) in [5.41, 5.74) is 6.91. The Morgan fingerprint density at radius 2 is 1.97 bits per heavy atom. The van der Waals surface area contributed by atoms with E-state index < -0.39 is 5.91 Å². The highest BCUT2D eigenvalue weighted by Gasteiger charge is 2.28. The Bertz CT molecular complexity index is 914. The average molecular weight is 431 g/mol. The van der Waals surface area contributed by atoms with E-state index in [9.17, 15) is 14.7 Å². The summed E-state index contributed by atoms with van der Waals surface area (Å²) >= 11 is 0. The Morgan fingerprint density at radius 3 is 2.52 bits per heavy atom. The van der Waals surface area contributed by atoms with Crippen molar-refractivity contribution < 1.29 is 24.2 Å². The Hall–Kier alpha value is -3.11. The minimum atomic E-state index is -0.663. The molecule has 0 aliphatic carbocycles. The van der Waals surface area contributed by atoms with E-state index in [0.717, 1.165) is 18.5 Å². The summed E-state index contributed by atoms with van der Waals surface area (Å²) in [5.74, 6) is 0.840. The predicted octanol–water partition coefficient (Wildman–Crippen LogP) is 0.292. The zero-order valence-corrected chi connectivity index (χ0v) is 17.8. The molecule has 1 aliphatic rings. The standard InChI is InChI=1S/C21H29N5O5/c1-30-16-8-13(9-17(11-16)31-2)7-15(28)10-18-19(20(22)29)21(24-5-6-27)26(25-18)14-3-4-23-12-14/h8-9,11,14,23-24,27H,3-7,10,12H2,1-2H3,(H2,22,29)/t14-/m0/s1. The van der Waals surface area contributed by atoms with Gasteiger partial charge in [-0.05, 0) is 30.7 Å². The van der Waals surface area contributed by atoms with Crippen molar-refractivity contribution in [3.05, 3.63) is 35.0 Å². The maximum atomic E-state index is 12.9. The van der Waals surface area contributed by atoms with Gasteiger partial charge < -0.3 is 30.9 Å². The number of nitrogens with zero attached hydrogens (tertiary/aromatic N) is 2. The number of ether oxygens (including phenoxy) is 2. The van der Waals surface area contributed by atoms with Gasteiger partial charge in [0.25, 0.3) is 5.91 Å². The molecule has 0 bridgehead atoms. The van der Waals surface area contributed by atoms with Crippen LogP contribution in [0, 0.1) is 0 Å². The molecule has 1 saturated heterocycles. The number of hydrogen-bond acceptors (Lipinski definition) is 8. The van der Waals surface area contributed by atoms with Crippen LogP contribution >= 0.6 is 0 Å². The van der Waals surface area contributed by atoms with Crippen LogP contribution in [0.2, 0.25) is 0 Å². The Labute approximate surface area is 180 Å². The summed E-state index contributed by atoms with van der Waals surface area (Å²) in [5, 5.41) is 20.1. The highest BCUT2D eigenvalue weighted by molar-refractivity contribution is 6.00. The number of carbonyl (C=O) groups is 2. The SMILES string of the molecule is COc1cc(CC(=O)Cc2nn([C@H]3CCNC3)c(NCCO)c2C(N)=O)cc(OC)c1. The van der Waals surface area contributed by atoms with Crippen LogP contribution in [-0.2, 0) is 17.6 Å². The van der Waals surface area contributed by atoms with Crippen LogP contribution in [-0.4, -0.2) is 67.0 Å². The highest BCUT2D eigenvalue weighted by atomic mass is 16.5. The molecule has 2 aromatic rings. The van der Waals surface area contributed by atoms with E-state index >= 15 is 0 Å². The minimum Gasteiger partial charge on any atom is -0.497 e. The summed E-state index contributed by atoms with van der Waals surface area (Å²) in [6.07, 6.45) is 0.923. The number of nitrogens with two attached hydrogens (primary N) is 1. The third-order valence-corrected chi connectivity index (χ3v) is 5.19. The molecule has 0 unspecified atom stereocenters. The molecule has 10 nitrogen and oxygen atoms in total. The third kappa shape index (κ3) is 5.33. The van der Waals surface area contributed by atoms with Crippen molar-refractivity contribution in [3.8, 4) is 11.5 Å². The van der Waals surface area contributed by atoms with Crippen molar-refractivity contribution in [1.82, 2.24) is 15.1 Å². The van der Waals surface area contributed by atoms with Gasteiger partial charge in [-0.15, -0.1) is 0 Å². The van der Waals surface area contributed by atoms with Gasteiger partial charge in [-0.3, -0.25) is 9.59 Å². The monoisotopic (exact) mass is 431 g/mol. The number of rotatable bonds is 11. The number of methoxy groups -OCH3 is 2. The largest absolute Gasteiger partial charge is 0.497 e. The fourth-order valence-electron chi connectivity index (χ4n) is 3.77. The van der Waals surface area contributed by atoms with Crippen LogP contribution in [0.15, 0.2) is 18.2 Å². The van der Waals surface area contributed by atoms with Crippen molar-refractivity contribution in [2.45, 2.75) is 25.3 Å². The fourth-order valence-corrected chi connectivity index (χ4v) is 3.77. The van der Waals surface area contributed by atoms with Crippen LogP contribution in [0.3, 0.4) is 0 Å². The second kappa shape index (κ2) is 10.3. The molecule has 10 heteroatoms. The Kier molecular flexibility index (Phi) is 7.48. The van der Waals surface area contributed by atoms with Gasteiger partial charge in [-0.25, -0.2) is 4.68 Å². The van der Waals surface area contributed by atoms with Gasteiger partial charge in [0.2, 0.25) is 0 Å². The molecule has 1 fully saturated rings. The van der Waals surface area contributed by atoms with E-state index in [2.05, 4.69) is 15.7 Å². The number of primary amides is 1. The van der Waals surface area contributed by atoms with Crippen LogP contribution in [0.1, 0.15) is 34.1 Å². The zero-order valence-electron chi connectivity index (χ0n) is 17.8. The van der Waals surface area contributed by atoms with E-state index in [1.165, 1.54) is 0 Å². The minimum absolute atomic E-state index is 0.0331. The number of Topliss-reactive ketones (excluding diaryl/α,β-unsaturated/α-hetero) is 1. The van der Waals surface area contributed by atoms with Gasteiger partial charge in [-0.2, -0.15) is 5.10 Å². The van der Waals surface area contributed by atoms with Gasteiger partial charge >= 0.3 is 0 Å². The van der Waals surface area contributed by atoms with E-state index in [1.54, 1.807) is 37.1 Å². The number of carbonyl (C=O) groups excluding carboxylic acids is 2. The van der Waals surface area contributed by atoms with Gasteiger partial charge in [0.15, 0.2) is 0 Å². The Morgan fingerprint density at radius 1 is 1.26 bits per heavy atom. The van der Waals surface area contributed by atoms with E-state index in [4.69, 9.17) is 15.2 Å². The first-order chi connectivity index (χ1) is 15.0. The second-order valence-corrected chi connectivity index (χ2v) is 7.39. The van der Waals surface area contributed by atoms with Crippen LogP contribution in [0.25, 0.3) is 0 Å². The van der Waals surface area contributed by atoms with Crippen LogP contribution in [0.4, 0.5) is 5.82 Å². The van der Waals surface area contributed by atoms with Crippen molar-refractivity contribution in [3.63, 3.8) is 0 Å². The lowest BCUT2D eigenvalue weighted by molar-refractivity contribution is -0.117. The van der Waals surface area contributed by atoms with Crippen LogP contribution in [0.5, 0.6) is 11.5 Å². The molecule has 1 amide bonds. The first-order valence-corrected chi connectivity index (χ1v) is 10.2. The first kappa shape index (κ1) is 22.6. The smallest absolute Gasteiger partial charge is 0.254 e. The molecule has 2 heterocycles. The number of ketones is 1. The normalized spacial score (nSPS) is 15.6. The molecule has 3 rings (SSSR count). The van der Waals surface area contributed by atoms with Crippen molar-refractivity contribution >= 4 is 17.5 Å². The molecule has 0 saturated carbocycles. The van der Waals surface area contributed by atoms with Crippen LogP contribution < -0.4 is 25.8 Å². The fraction of sp³-hybridized carbons (Fsp3) is 0.476. The van der Waals surface area contributed by atoms with Gasteiger partial charge in [0.05, 0.1) is 39.0 Å². The van der Waals surface area contributed by atoms with E-state index in [0.29, 0.717) is 29.6 Å². The number of amides is 1. The number of aliphatic hydroxyl groups excluding tert-OH is 1. The molecule has 5 N–H and O–H groups in total. The van der Waals surface area contributed by atoms with Crippen molar-refractivity contribution in [2.75, 3.05) is 45.8 Å². The topological polar surface area (TPSA) is 141 Å². The third-order valence-electron chi connectivity index (χ3n) is 5.19. The quantitative estimate of drug-likeness (QED) is 0.398. The summed E-state index contributed by atoms with van der Waals surface area (Å²) < 4.78 is 12.2. The summed E-state index contributed by atoms with van der Waals surface area (Å²) in [7, 11) is 3.09.